The number of likely N-dealkylation sites (tertiary alicyclic amines) is 1. The lowest BCUT2D eigenvalue weighted by Crippen LogP contribution is -2.62. The maximum Gasteiger partial charge on any atom is 0.240 e. The summed E-state index contributed by atoms with van der Waals surface area (Å²) in [6, 6.07) is 2.49. The van der Waals surface area contributed by atoms with Gasteiger partial charge < -0.3 is 9.42 Å². The van der Waals surface area contributed by atoms with Crippen LogP contribution < -0.4 is 4.90 Å². The Labute approximate surface area is 128 Å². The minimum Gasteiger partial charge on any atom is -0.338 e. The van der Waals surface area contributed by atoms with Gasteiger partial charge in [0.05, 0.1) is 6.54 Å². The molecular weight excluding hydrogens is 282 g/mol. The summed E-state index contributed by atoms with van der Waals surface area (Å²) in [6.07, 6.45) is 5.06. The van der Waals surface area contributed by atoms with E-state index in [4.69, 9.17) is 4.52 Å². The van der Waals surface area contributed by atoms with E-state index in [1.165, 1.54) is 6.33 Å². The van der Waals surface area contributed by atoms with Crippen molar-refractivity contribution in [1.82, 2.24) is 29.9 Å². The third-order valence-corrected chi connectivity index (χ3v) is 4.37. The molecule has 0 spiro atoms. The van der Waals surface area contributed by atoms with E-state index in [1.54, 1.807) is 12.4 Å². The Morgan fingerprint density at radius 3 is 2.50 bits per heavy atom. The summed E-state index contributed by atoms with van der Waals surface area (Å²) in [6.45, 7) is 7.02. The lowest BCUT2D eigenvalue weighted by atomic mass is 10.1. The number of hydrogen-bond acceptors (Lipinski definition) is 8. The van der Waals surface area contributed by atoms with E-state index >= 15 is 0 Å². The number of rotatable bonds is 4. The maximum absolute atomic E-state index is 5.05. The van der Waals surface area contributed by atoms with E-state index in [-0.39, 0.29) is 0 Å². The molecule has 0 aromatic carbocycles. The van der Waals surface area contributed by atoms with Crippen molar-refractivity contribution in [3.63, 3.8) is 0 Å². The molecule has 0 bridgehead atoms. The SMILES string of the molecule is c1cnc(N2CCN(C3CN(Cc4ncno4)C3)CC2)nc1. The van der Waals surface area contributed by atoms with E-state index in [2.05, 4.69) is 34.8 Å². The Bertz CT molecular complexity index is 577. The third kappa shape index (κ3) is 2.79. The van der Waals surface area contributed by atoms with Crippen LogP contribution in [0.1, 0.15) is 5.89 Å². The maximum atomic E-state index is 5.05. The predicted molar refractivity (Wildman–Crippen MR) is 79.2 cm³/mol. The molecule has 2 aliphatic heterocycles. The van der Waals surface area contributed by atoms with Gasteiger partial charge in [-0.2, -0.15) is 4.98 Å². The van der Waals surface area contributed by atoms with E-state index < -0.39 is 0 Å². The average molecular weight is 301 g/mol. The van der Waals surface area contributed by atoms with Crippen molar-refractivity contribution in [2.45, 2.75) is 12.6 Å². The molecule has 0 N–H and O–H groups in total. The van der Waals surface area contributed by atoms with Crippen LogP contribution in [0.3, 0.4) is 0 Å². The summed E-state index contributed by atoms with van der Waals surface area (Å²) in [5.41, 5.74) is 0. The minimum absolute atomic E-state index is 0.641. The standard InChI is InChI=1S/C14H19N7O/c1-2-15-14(16-3-1)21-6-4-20(5-7-21)12-8-19(9-12)10-13-17-11-18-22-13/h1-3,11-12H,4-10H2. The first-order valence-electron chi connectivity index (χ1n) is 7.62. The monoisotopic (exact) mass is 301 g/mol. The highest BCUT2D eigenvalue weighted by molar-refractivity contribution is 5.29. The van der Waals surface area contributed by atoms with Gasteiger partial charge in [0.2, 0.25) is 11.8 Å². The zero-order valence-electron chi connectivity index (χ0n) is 12.4. The summed E-state index contributed by atoms with van der Waals surface area (Å²) >= 11 is 0. The van der Waals surface area contributed by atoms with Crippen molar-refractivity contribution in [3.05, 3.63) is 30.7 Å². The first kappa shape index (κ1) is 13.6. The molecule has 8 nitrogen and oxygen atoms in total. The second kappa shape index (κ2) is 5.98. The van der Waals surface area contributed by atoms with Gasteiger partial charge in [-0.25, -0.2) is 9.97 Å². The molecule has 0 amide bonds. The molecule has 2 aliphatic rings. The lowest BCUT2D eigenvalue weighted by molar-refractivity contribution is 0.0195. The molecule has 2 aromatic heterocycles. The fourth-order valence-electron chi connectivity index (χ4n) is 3.10. The fourth-order valence-corrected chi connectivity index (χ4v) is 3.10. The van der Waals surface area contributed by atoms with Crippen LogP contribution in [0.25, 0.3) is 0 Å². The highest BCUT2D eigenvalue weighted by Gasteiger charge is 2.34. The summed E-state index contributed by atoms with van der Waals surface area (Å²) in [5.74, 6) is 1.54. The quantitative estimate of drug-likeness (QED) is 0.773. The zero-order valence-corrected chi connectivity index (χ0v) is 12.4. The number of hydrogen-bond donors (Lipinski definition) is 0. The molecule has 2 fully saturated rings. The number of aromatic nitrogens is 4. The van der Waals surface area contributed by atoms with Gasteiger partial charge >= 0.3 is 0 Å². The van der Waals surface area contributed by atoms with Crippen LogP contribution in [-0.4, -0.2) is 75.2 Å². The fraction of sp³-hybridized carbons (Fsp3) is 0.571. The first-order valence-corrected chi connectivity index (χ1v) is 7.62. The summed E-state index contributed by atoms with van der Waals surface area (Å²) < 4.78 is 5.05. The van der Waals surface area contributed by atoms with E-state index in [0.29, 0.717) is 11.9 Å². The summed E-state index contributed by atoms with van der Waals surface area (Å²) in [4.78, 5) is 19.9. The van der Waals surface area contributed by atoms with E-state index in [1.807, 2.05) is 6.07 Å². The van der Waals surface area contributed by atoms with Crippen molar-refractivity contribution in [1.29, 1.82) is 0 Å². The van der Waals surface area contributed by atoms with Crippen molar-refractivity contribution in [2.24, 2.45) is 0 Å². The Balaban J connectivity index is 1.24. The van der Waals surface area contributed by atoms with Gasteiger partial charge in [0.1, 0.15) is 0 Å². The smallest absolute Gasteiger partial charge is 0.240 e. The van der Waals surface area contributed by atoms with Gasteiger partial charge in [0.25, 0.3) is 0 Å². The number of nitrogens with zero attached hydrogens (tertiary/aromatic N) is 7. The van der Waals surface area contributed by atoms with Crippen LogP contribution in [0.15, 0.2) is 29.3 Å². The van der Waals surface area contributed by atoms with Crippen molar-refractivity contribution in [2.75, 3.05) is 44.2 Å². The van der Waals surface area contributed by atoms with Crippen LogP contribution in [0.5, 0.6) is 0 Å². The molecule has 4 rings (SSSR count). The summed E-state index contributed by atoms with van der Waals surface area (Å²) in [7, 11) is 0. The first-order chi connectivity index (χ1) is 10.9. The molecule has 0 atom stereocenters. The van der Waals surface area contributed by atoms with Crippen molar-refractivity contribution < 1.29 is 4.52 Å². The second-order valence-electron chi connectivity index (χ2n) is 5.75. The molecule has 2 saturated heterocycles. The highest BCUT2D eigenvalue weighted by atomic mass is 16.5. The number of piperazine rings is 1. The lowest BCUT2D eigenvalue weighted by Gasteiger charge is -2.47. The molecule has 0 radical (unpaired) electrons. The van der Waals surface area contributed by atoms with Gasteiger partial charge in [-0.3, -0.25) is 9.80 Å². The Kier molecular flexibility index (Phi) is 3.69. The topological polar surface area (TPSA) is 74.4 Å². The molecule has 22 heavy (non-hydrogen) atoms. The molecule has 0 unspecified atom stereocenters. The Hall–Kier alpha value is -2.06. The molecule has 0 saturated carbocycles. The summed E-state index contributed by atoms with van der Waals surface area (Å²) in [5, 5.41) is 3.64. The van der Waals surface area contributed by atoms with Crippen molar-refractivity contribution >= 4 is 5.95 Å². The van der Waals surface area contributed by atoms with Gasteiger partial charge in [0, 0.05) is 57.7 Å². The molecule has 4 heterocycles. The van der Waals surface area contributed by atoms with Gasteiger partial charge in [0.15, 0.2) is 6.33 Å². The predicted octanol–water partition coefficient (Wildman–Crippen LogP) is -0.134. The second-order valence-corrected chi connectivity index (χ2v) is 5.75. The zero-order chi connectivity index (χ0) is 14.8. The number of anilines is 1. The normalized spacial score (nSPS) is 21.0. The largest absolute Gasteiger partial charge is 0.338 e. The Morgan fingerprint density at radius 1 is 1.05 bits per heavy atom. The van der Waals surface area contributed by atoms with Crippen LogP contribution >= 0.6 is 0 Å². The van der Waals surface area contributed by atoms with Gasteiger partial charge in [-0.15, -0.1) is 0 Å². The van der Waals surface area contributed by atoms with Crippen molar-refractivity contribution in [3.8, 4) is 0 Å². The van der Waals surface area contributed by atoms with Crippen LogP contribution in [0, 0.1) is 0 Å². The Morgan fingerprint density at radius 2 is 1.82 bits per heavy atom. The molecule has 8 heteroatoms. The van der Waals surface area contributed by atoms with Crippen LogP contribution in [0.2, 0.25) is 0 Å². The van der Waals surface area contributed by atoms with Gasteiger partial charge in [-0.1, -0.05) is 5.16 Å². The average Bonchev–Trinajstić information content (AvgIpc) is 3.05. The van der Waals surface area contributed by atoms with E-state index in [0.717, 1.165) is 51.8 Å². The third-order valence-electron chi connectivity index (χ3n) is 4.37. The molecular formula is C14H19N7O. The highest BCUT2D eigenvalue weighted by Crippen LogP contribution is 2.19. The molecule has 116 valence electrons. The minimum atomic E-state index is 0.641. The molecule has 2 aromatic rings. The van der Waals surface area contributed by atoms with Crippen LogP contribution in [0.4, 0.5) is 5.95 Å². The van der Waals surface area contributed by atoms with Gasteiger partial charge in [-0.05, 0) is 6.07 Å². The van der Waals surface area contributed by atoms with Crippen LogP contribution in [-0.2, 0) is 6.54 Å². The van der Waals surface area contributed by atoms with E-state index in [9.17, 15) is 0 Å². The molecule has 0 aliphatic carbocycles.